The second kappa shape index (κ2) is 7.41. The van der Waals surface area contributed by atoms with E-state index in [1.807, 2.05) is 12.1 Å². The van der Waals surface area contributed by atoms with Crippen molar-refractivity contribution in [2.24, 2.45) is 0 Å². The fraction of sp³-hybridized carbons (Fsp3) is 0.250. The molecule has 2 aliphatic rings. The summed E-state index contributed by atoms with van der Waals surface area (Å²) in [5, 5.41) is 4.88. The zero-order chi connectivity index (χ0) is 22.4. The number of carbonyl (C=O) groups is 3. The molecule has 0 radical (unpaired) electrons. The lowest BCUT2D eigenvalue weighted by Gasteiger charge is -2.22. The summed E-state index contributed by atoms with van der Waals surface area (Å²) in [6, 6.07) is 11.1. The molecule has 1 heterocycles. The van der Waals surface area contributed by atoms with E-state index in [-0.39, 0.29) is 5.69 Å². The highest BCUT2D eigenvalue weighted by Gasteiger charge is 2.55. The molecule has 0 bridgehead atoms. The van der Waals surface area contributed by atoms with Crippen LogP contribution in [0.15, 0.2) is 53.4 Å². The molecular weight excluding hydrogens is 432 g/mol. The van der Waals surface area contributed by atoms with Gasteiger partial charge in [0.15, 0.2) is 0 Å². The molecule has 4 rings (SSSR count). The molecule has 1 aliphatic heterocycles. The number of nitrogens with zero attached hydrogens (tertiary/aromatic N) is 1. The summed E-state index contributed by atoms with van der Waals surface area (Å²) in [5.74, 6) is -5.16. The van der Waals surface area contributed by atoms with E-state index in [1.165, 1.54) is 12.1 Å². The van der Waals surface area contributed by atoms with Crippen molar-refractivity contribution in [2.45, 2.75) is 29.0 Å². The Morgan fingerprint density at radius 3 is 2.55 bits per heavy atom. The first-order valence-electron chi connectivity index (χ1n) is 9.30. The number of para-hydroxylation sites is 1. The molecule has 1 unspecified atom stereocenters. The summed E-state index contributed by atoms with van der Waals surface area (Å²) >= 11 is 0. The van der Waals surface area contributed by atoms with E-state index in [0.29, 0.717) is 18.4 Å². The number of halogens is 2. The molecule has 1 fully saturated rings. The van der Waals surface area contributed by atoms with Gasteiger partial charge in [-0.1, -0.05) is 36.4 Å². The first-order chi connectivity index (χ1) is 14.7. The van der Waals surface area contributed by atoms with Gasteiger partial charge in [-0.25, -0.2) is 13.2 Å². The Hall–Kier alpha value is -3.34. The average molecular weight is 449 g/mol. The molecule has 1 spiro atoms. The number of carbonyl (C=O) groups excluding carboxylic acids is 3. The molecule has 1 saturated heterocycles. The molecule has 1 atom stereocenters. The number of aryl methyl sites for hydroxylation is 1. The molecule has 0 saturated carbocycles. The Bertz CT molecular complexity index is 1200. The smallest absolute Gasteiger partial charge is 0.323 e. The predicted molar refractivity (Wildman–Crippen MR) is 105 cm³/mol. The van der Waals surface area contributed by atoms with Gasteiger partial charge < -0.3 is 10.6 Å². The van der Waals surface area contributed by atoms with Crippen LogP contribution >= 0.6 is 0 Å². The topological polar surface area (TPSA) is 113 Å². The van der Waals surface area contributed by atoms with Gasteiger partial charge in [-0.05, 0) is 36.1 Å². The second-order valence-corrected chi connectivity index (χ2v) is 9.12. The van der Waals surface area contributed by atoms with E-state index in [9.17, 15) is 31.6 Å². The lowest BCUT2D eigenvalue weighted by molar-refractivity contribution is -0.134. The molecule has 4 amide bonds. The van der Waals surface area contributed by atoms with Gasteiger partial charge >= 0.3 is 11.8 Å². The summed E-state index contributed by atoms with van der Waals surface area (Å²) in [6.45, 7) is -0.697. The molecule has 2 aromatic carbocycles. The van der Waals surface area contributed by atoms with Gasteiger partial charge in [0.1, 0.15) is 12.1 Å². The minimum atomic E-state index is -4.96. The second-order valence-electron chi connectivity index (χ2n) is 7.23. The molecular formula is C20H17F2N3O5S. The quantitative estimate of drug-likeness (QED) is 0.679. The Morgan fingerprint density at radius 1 is 1.13 bits per heavy atom. The van der Waals surface area contributed by atoms with Crippen LogP contribution in [0.5, 0.6) is 0 Å². The molecule has 1 aliphatic carbocycles. The van der Waals surface area contributed by atoms with Gasteiger partial charge in [0.05, 0.1) is 10.6 Å². The van der Waals surface area contributed by atoms with E-state index < -0.39 is 50.4 Å². The van der Waals surface area contributed by atoms with Crippen LogP contribution in [-0.2, 0) is 31.4 Å². The van der Waals surface area contributed by atoms with E-state index in [4.69, 9.17) is 0 Å². The first-order valence-corrected chi connectivity index (χ1v) is 10.8. The number of anilines is 1. The summed E-state index contributed by atoms with van der Waals surface area (Å²) < 4.78 is 49.5. The van der Waals surface area contributed by atoms with Crippen molar-refractivity contribution in [3.63, 3.8) is 0 Å². The van der Waals surface area contributed by atoms with Gasteiger partial charge in [0.2, 0.25) is 15.7 Å². The molecule has 2 N–H and O–H groups in total. The average Bonchev–Trinajstić information content (AvgIpc) is 3.21. The first kappa shape index (κ1) is 20.9. The molecule has 8 nitrogen and oxygen atoms in total. The zero-order valence-electron chi connectivity index (χ0n) is 16.0. The molecule has 11 heteroatoms. The van der Waals surface area contributed by atoms with Gasteiger partial charge in [-0.15, -0.1) is 0 Å². The number of urea groups is 1. The molecule has 31 heavy (non-hydrogen) atoms. The van der Waals surface area contributed by atoms with Crippen LogP contribution in [0.2, 0.25) is 0 Å². The van der Waals surface area contributed by atoms with Crippen molar-refractivity contribution in [3.8, 4) is 0 Å². The maximum absolute atomic E-state index is 13.1. The largest absolute Gasteiger partial charge is 0.341 e. The number of benzene rings is 2. The lowest BCUT2D eigenvalue weighted by atomic mass is 9.92. The van der Waals surface area contributed by atoms with Crippen LogP contribution in [-0.4, -0.2) is 43.5 Å². The summed E-state index contributed by atoms with van der Waals surface area (Å²) in [6.07, 6.45) is 0.936. The van der Waals surface area contributed by atoms with Crippen molar-refractivity contribution in [3.05, 3.63) is 59.7 Å². The predicted octanol–water partition coefficient (Wildman–Crippen LogP) is 2.01. The number of amides is 4. The van der Waals surface area contributed by atoms with Crippen LogP contribution in [0.4, 0.5) is 19.3 Å². The fourth-order valence-electron chi connectivity index (χ4n) is 3.98. The normalized spacial score (nSPS) is 20.3. The molecule has 0 aromatic heterocycles. The maximum atomic E-state index is 13.1. The van der Waals surface area contributed by atoms with Gasteiger partial charge in [0.25, 0.3) is 5.91 Å². The Kier molecular flexibility index (Phi) is 5.00. The Balaban J connectivity index is 1.55. The number of nitrogens with one attached hydrogen (secondary N) is 2. The van der Waals surface area contributed by atoms with Crippen molar-refractivity contribution in [2.75, 3.05) is 11.9 Å². The van der Waals surface area contributed by atoms with Crippen LogP contribution in [0.1, 0.15) is 17.5 Å². The van der Waals surface area contributed by atoms with Crippen LogP contribution < -0.4 is 10.6 Å². The fourth-order valence-corrected chi connectivity index (χ4v) is 4.87. The lowest BCUT2D eigenvalue weighted by Crippen LogP contribution is -2.43. The van der Waals surface area contributed by atoms with Crippen LogP contribution in [0.3, 0.4) is 0 Å². The van der Waals surface area contributed by atoms with Gasteiger partial charge in [-0.3, -0.25) is 14.5 Å². The highest BCUT2D eigenvalue weighted by atomic mass is 32.2. The van der Waals surface area contributed by atoms with E-state index >= 15 is 0 Å². The van der Waals surface area contributed by atoms with E-state index in [2.05, 4.69) is 10.6 Å². The van der Waals surface area contributed by atoms with Gasteiger partial charge in [-0.2, -0.15) is 8.78 Å². The standard InChI is InChI=1S/C20H17F2N3O5S/c21-18(22)31(29,30)15-8-4-3-7-14(15)23-16(26)11-25-17(27)20(24-19(25)28)10-9-12-5-1-2-6-13(12)20/h1-8,18H,9-11H2,(H,23,26)(H,24,28). The number of rotatable bonds is 5. The number of imide groups is 1. The third-order valence-corrected chi connectivity index (χ3v) is 6.86. The third-order valence-electron chi connectivity index (χ3n) is 5.43. The zero-order valence-corrected chi connectivity index (χ0v) is 16.8. The van der Waals surface area contributed by atoms with Crippen molar-refractivity contribution in [1.29, 1.82) is 0 Å². The highest BCUT2D eigenvalue weighted by molar-refractivity contribution is 7.91. The highest BCUT2D eigenvalue weighted by Crippen LogP contribution is 2.41. The minimum Gasteiger partial charge on any atom is -0.323 e. The van der Waals surface area contributed by atoms with Crippen LogP contribution in [0, 0.1) is 0 Å². The minimum absolute atomic E-state index is 0.352. The molecule has 2 aromatic rings. The maximum Gasteiger partial charge on any atom is 0.341 e. The number of hydrogen-bond donors (Lipinski definition) is 2. The summed E-state index contributed by atoms with van der Waals surface area (Å²) in [5.41, 5.74) is -0.00998. The summed E-state index contributed by atoms with van der Waals surface area (Å²) in [7, 11) is -4.96. The van der Waals surface area contributed by atoms with Crippen molar-refractivity contribution >= 4 is 33.4 Å². The number of hydrogen-bond acceptors (Lipinski definition) is 5. The number of fused-ring (bicyclic) bond motifs is 2. The SMILES string of the molecule is O=C(CN1C(=O)NC2(CCc3ccccc32)C1=O)Nc1ccccc1S(=O)(=O)C(F)F. The monoisotopic (exact) mass is 449 g/mol. The van der Waals surface area contributed by atoms with Crippen molar-refractivity contribution < 1.29 is 31.6 Å². The Morgan fingerprint density at radius 2 is 1.81 bits per heavy atom. The van der Waals surface area contributed by atoms with Crippen LogP contribution in [0.25, 0.3) is 0 Å². The Labute approximate surface area is 176 Å². The molecule has 162 valence electrons. The number of alkyl halides is 2. The summed E-state index contributed by atoms with van der Waals surface area (Å²) in [4.78, 5) is 38.0. The van der Waals surface area contributed by atoms with E-state index in [0.717, 1.165) is 22.6 Å². The van der Waals surface area contributed by atoms with Gasteiger partial charge in [0, 0.05) is 0 Å². The third kappa shape index (κ3) is 3.34. The van der Waals surface area contributed by atoms with E-state index in [1.54, 1.807) is 12.1 Å². The number of sulfone groups is 1. The van der Waals surface area contributed by atoms with Crippen molar-refractivity contribution in [1.82, 2.24) is 10.2 Å².